The van der Waals surface area contributed by atoms with Gasteiger partial charge in [0.05, 0.1) is 37.3 Å². The lowest BCUT2D eigenvalue weighted by Crippen LogP contribution is -2.32. The Hall–Kier alpha value is -3.27. The smallest absolute Gasteiger partial charge is 0.307 e. The normalized spacial score (nSPS) is 10.7. The molecule has 2 rings (SSSR count). The van der Waals surface area contributed by atoms with Crippen LogP contribution in [0.5, 0.6) is 0 Å². The van der Waals surface area contributed by atoms with Gasteiger partial charge in [-0.25, -0.2) is 0 Å². The molecule has 0 bridgehead atoms. The fraction of sp³-hybridized carbons (Fsp3) is 0.435. The highest BCUT2D eigenvalue weighted by molar-refractivity contribution is 7.10. The summed E-state index contributed by atoms with van der Waals surface area (Å²) < 4.78 is 14.5. The SMILES string of the molecule is CC(=O)Nc1cc(N(CCOC(=O)CCCl)CCOC(=O)CCCl)ccc1N=Nc1snc(C)c1C#N. The molecule has 0 atom stereocenters. The Morgan fingerprint density at radius 2 is 1.73 bits per heavy atom. The van der Waals surface area contributed by atoms with E-state index in [1.165, 1.54) is 6.92 Å². The van der Waals surface area contributed by atoms with Gasteiger partial charge in [0.25, 0.3) is 0 Å². The van der Waals surface area contributed by atoms with Gasteiger partial charge in [0, 0.05) is 24.4 Å². The molecule has 1 N–H and O–H groups in total. The summed E-state index contributed by atoms with van der Waals surface area (Å²) >= 11 is 12.2. The van der Waals surface area contributed by atoms with Crippen LogP contribution in [0.1, 0.15) is 31.0 Å². The predicted molar refractivity (Wildman–Crippen MR) is 141 cm³/mol. The van der Waals surface area contributed by atoms with E-state index in [2.05, 4.69) is 26.0 Å². The number of esters is 2. The average Bonchev–Trinajstić information content (AvgIpc) is 3.21. The Kier molecular flexibility index (Phi) is 12.8. The molecule has 0 fully saturated rings. The minimum absolute atomic E-state index is 0.0734. The van der Waals surface area contributed by atoms with E-state index in [-0.39, 0.29) is 56.8 Å². The van der Waals surface area contributed by atoms with E-state index in [1.54, 1.807) is 25.1 Å². The molecule has 37 heavy (non-hydrogen) atoms. The molecule has 14 heteroatoms. The molecule has 0 unspecified atom stereocenters. The van der Waals surface area contributed by atoms with E-state index in [4.69, 9.17) is 32.7 Å². The van der Waals surface area contributed by atoms with Crippen LogP contribution in [-0.4, -0.2) is 60.3 Å². The molecule has 0 saturated heterocycles. The molecule has 0 aliphatic heterocycles. The molecule has 0 radical (unpaired) electrons. The van der Waals surface area contributed by atoms with E-state index >= 15 is 0 Å². The predicted octanol–water partition coefficient (Wildman–Crippen LogP) is 4.85. The van der Waals surface area contributed by atoms with Crippen LogP contribution in [0.25, 0.3) is 0 Å². The number of azo groups is 1. The zero-order valence-corrected chi connectivity index (χ0v) is 22.7. The van der Waals surface area contributed by atoms with Gasteiger partial charge in [0.15, 0.2) is 5.00 Å². The Labute approximate surface area is 228 Å². The van der Waals surface area contributed by atoms with Crippen LogP contribution in [0.3, 0.4) is 0 Å². The van der Waals surface area contributed by atoms with E-state index in [0.29, 0.717) is 33.3 Å². The maximum absolute atomic E-state index is 11.9. The maximum Gasteiger partial charge on any atom is 0.307 e. The fourth-order valence-electron chi connectivity index (χ4n) is 2.96. The van der Waals surface area contributed by atoms with Gasteiger partial charge in [-0.1, -0.05) is 0 Å². The van der Waals surface area contributed by atoms with Crippen LogP contribution in [0.4, 0.5) is 22.1 Å². The molecule has 0 aliphatic rings. The van der Waals surface area contributed by atoms with Crippen molar-refractivity contribution >= 4 is 74.6 Å². The summed E-state index contributed by atoms with van der Waals surface area (Å²) in [6.07, 6.45) is 0.188. The van der Waals surface area contributed by atoms with Crippen molar-refractivity contribution in [3.8, 4) is 6.07 Å². The standard InChI is InChI=1S/C23H26Cl2N6O5S/c1-15-18(14-26)23(37-30-15)29-28-19-4-3-17(13-20(19)27-16(2)32)31(9-11-35-21(33)5-7-24)10-12-36-22(34)6-8-25/h3-4,13H,5-12H2,1-2H3,(H,27,32). The first-order chi connectivity index (χ1) is 17.8. The second-order valence-corrected chi connectivity index (χ2v) is 8.96. The number of alkyl halides is 2. The number of nitrogens with zero attached hydrogens (tertiary/aromatic N) is 5. The van der Waals surface area contributed by atoms with Crippen molar-refractivity contribution in [1.82, 2.24) is 4.37 Å². The summed E-state index contributed by atoms with van der Waals surface area (Å²) in [5.74, 6) is -0.851. The van der Waals surface area contributed by atoms with E-state index in [0.717, 1.165) is 11.5 Å². The monoisotopic (exact) mass is 568 g/mol. The lowest BCUT2D eigenvalue weighted by molar-refractivity contribution is -0.143. The Morgan fingerprint density at radius 1 is 1.11 bits per heavy atom. The quantitative estimate of drug-likeness (QED) is 0.193. The molecule has 1 aromatic carbocycles. The minimum Gasteiger partial charge on any atom is -0.464 e. The minimum atomic E-state index is -0.423. The number of carbonyl (C=O) groups excluding carboxylic acids is 3. The number of rotatable bonds is 14. The van der Waals surface area contributed by atoms with Crippen molar-refractivity contribution in [3.63, 3.8) is 0 Å². The van der Waals surface area contributed by atoms with Crippen LogP contribution in [0, 0.1) is 18.3 Å². The Balaban J connectivity index is 2.28. The first kappa shape index (κ1) is 30.0. The van der Waals surface area contributed by atoms with Gasteiger partial charge in [-0.15, -0.1) is 33.4 Å². The summed E-state index contributed by atoms with van der Waals surface area (Å²) in [4.78, 5) is 37.1. The number of anilines is 2. The number of hydrogen-bond donors (Lipinski definition) is 1. The number of carbonyl (C=O) groups is 3. The highest BCUT2D eigenvalue weighted by atomic mass is 35.5. The fourth-order valence-corrected chi connectivity index (χ4v) is 3.94. The highest BCUT2D eigenvalue weighted by Crippen LogP contribution is 2.34. The van der Waals surface area contributed by atoms with Gasteiger partial charge < -0.3 is 19.7 Å². The van der Waals surface area contributed by atoms with Crippen LogP contribution in [0.15, 0.2) is 28.4 Å². The van der Waals surface area contributed by atoms with Gasteiger partial charge in [0.2, 0.25) is 5.91 Å². The zero-order chi connectivity index (χ0) is 27.2. The summed E-state index contributed by atoms with van der Waals surface area (Å²) in [6.45, 7) is 3.78. The summed E-state index contributed by atoms with van der Waals surface area (Å²) in [5, 5.41) is 20.7. The van der Waals surface area contributed by atoms with E-state index < -0.39 is 11.9 Å². The number of nitriles is 1. The maximum atomic E-state index is 11.9. The van der Waals surface area contributed by atoms with Gasteiger partial charge in [-0.2, -0.15) is 9.64 Å². The number of hydrogen-bond acceptors (Lipinski definition) is 11. The Bertz CT molecular complexity index is 1140. The van der Waals surface area contributed by atoms with Crippen LogP contribution in [-0.2, 0) is 23.9 Å². The second kappa shape index (κ2) is 15.8. The third kappa shape index (κ3) is 9.95. The number of aromatic nitrogens is 1. The number of nitrogens with one attached hydrogen (secondary N) is 1. The number of ether oxygens (including phenoxy) is 2. The highest BCUT2D eigenvalue weighted by Gasteiger charge is 2.15. The molecular weight excluding hydrogens is 543 g/mol. The van der Waals surface area contributed by atoms with Crippen molar-refractivity contribution in [1.29, 1.82) is 5.26 Å². The number of halogens is 2. The Morgan fingerprint density at radius 3 is 2.27 bits per heavy atom. The molecule has 11 nitrogen and oxygen atoms in total. The molecule has 198 valence electrons. The first-order valence-electron chi connectivity index (χ1n) is 11.2. The van der Waals surface area contributed by atoms with Crippen molar-refractivity contribution in [3.05, 3.63) is 29.5 Å². The summed E-state index contributed by atoms with van der Waals surface area (Å²) in [7, 11) is 0. The van der Waals surface area contributed by atoms with Crippen molar-refractivity contribution in [2.75, 3.05) is 48.3 Å². The van der Waals surface area contributed by atoms with Crippen molar-refractivity contribution in [2.24, 2.45) is 10.2 Å². The van der Waals surface area contributed by atoms with Crippen LogP contribution >= 0.6 is 34.7 Å². The van der Waals surface area contributed by atoms with E-state index in [9.17, 15) is 19.6 Å². The average molecular weight is 569 g/mol. The summed E-state index contributed by atoms with van der Waals surface area (Å²) in [6, 6.07) is 7.12. The van der Waals surface area contributed by atoms with Gasteiger partial charge in [-0.05, 0) is 36.7 Å². The van der Waals surface area contributed by atoms with Gasteiger partial charge in [-0.3, -0.25) is 14.4 Å². The molecular formula is C23H26Cl2N6O5S. The molecule has 0 spiro atoms. The topological polar surface area (TPSA) is 146 Å². The molecule has 0 saturated carbocycles. The van der Waals surface area contributed by atoms with Crippen LogP contribution < -0.4 is 10.2 Å². The molecule has 1 aromatic heterocycles. The number of benzene rings is 1. The third-order valence-electron chi connectivity index (χ3n) is 4.71. The zero-order valence-electron chi connectivity index (χ0n) is 20.3. The van der Waals surface area contributed by atoms with Gasteiger partial charge in [0.1, 0.15) is 30.5 Å². The third-order valence-corrected chi connectivity index (χ3v) is 5.91. The second-order valence-electron chi connectivity index (χ2n) is 7.45. The summed E-state index contributed by atoms with van der Waals surface area (Å²) in [5.41, 5.74) is 2.28. The van der Waals surface area contributed by atoms with Crippen molar-refractivity contribution < 1.29 is 23.9 Å². The van der Waals surface area contributed by atoms with Crippen LogP contribution in [0.2, 0.25) is 0 Å². The largest absolute Gasteiger partial charge is 0.464 e. The lowest BCUT2D eigenvalue weighted by Gasteiger charge is -2.25. The molecule has 1 heterocycles. The number of aryl methyl sites for hydroxylation is 1. The number of amides is 1. The molecule has 2 aromatic rings. The van der Waals surface area contributed by atoms with Crippen molar-refractivity contribution in [2.45, 2.75) is 26.7 Å². The lowest BCUT2D eigenvalue weighted by atomic mass is 10.2. The molecule has 1 amide bonds. The molecule has 0 aliphatic carbocycles. The van der Waals surface area contributed by atoms with E-state index in [1.807, 2.05) is 4.90 Å². The first-order valence-corrected chi connectivity index (χ1v) is 13.0. The van der Waals surface area contributed by atoms with Gasteiger partial charge >= 0.3 is 11.9 Å².